The van der Waals surface area contributed by atoms with Crippen LogP contribution in [0, 0.1) is 11.3 Å². The largest absolute Gasteiger partial charge is 0.317 e. The first-order chi connectivity index (χ1) is 7.17. The summed E-state index contributed by atoms with van der Waals surface area (Å²) in [5, 5.41) is 3.53. The fourth-order valence-corrected chi connectivity index (χ4v) is 2.80. The van der Waals surface area contributed by atoms with Gasteiger partial charge in [-0.15, -0.1) is 0 Å². The molecule has 1 aliphatic carbocycles. The molecule has 0 amide bonds. The Kier molecular flexibility index (Phi) is 5.66. The Bertz CT molecular complexity index is 157. The van der Waals surface area contributed by atoms with E-state index in [1.54, 1.807) is 0 Å². The first-order valence-corrected chi connectivity index (χ1v) is 6.87. The highest BCUT2D eigenvalue weighted by Gasteiger charge is 2.29. The highest BCUT2D eigenvalue weighted by molar-refractivity contribution is 4.81. The van der Waals surface area contributed by atoms with Gasteiger partial charge in [-0.1, -0.05) is 40.0 Å². The van der Waals surface area contributed by atoms with E-state index >= 15 is 0 Å². The van der Waals surface area contributed by atoms with Gasteiger partial charge < -0.3 is 5.32 Å². The number of rotatable bonds is 6. The van der Waals surface area contributed by atoms with Crippen LogP contribution in [-0.2, 0) is 0 Å². The molecule has 1 aliphatic rings. The van der Waals surface area contributed by atoms with Gasteiger partial charge in [0.1, 0.15) is 0 Å². The van der Waals surface area contributed by atoms with E-state index in [0.29, 0.717) is 5.41 Å². The molecule has 0 saturated heterocycles. The van der Waals surface area contributed by atoms with Crippen LogP contribution < -0.4 is 5.32 Å². The molecule has 15 heavy (non-hydrogen) atoms. The highest BCUT2D eigenvalue weighted by Crippen LogP contribution is 2.40. The van der Waals surface area contributed by atoms with Crippen LogP contribution in [0.1, 0.15) is 65.7 Å². The van der Waals surface area contributed by atoms with E-state index < -0.39 is 0 Å². The molecule has 0 aromatic carbocycles. The molecular formula is C14H29N. The summed E-state index contributed by atoms with van der Waals surface area (Å²) in [6.45, 7) is 9.56. The molecule has 1 fully saturated rings. The minimum atomic E-state index is 0.557. The molecule has 0 aliphatic heterocycles. The minimum absolute atomic E-state index is 0.557. The third kappa shape index (κ3) is 4.55. The van der Waals surface area contributed by atoms with E-state index in [0.717, 1.165) is 5.92 Å². The van der Waals surface area contributed by atoms with Gasteiger partial charge in [0, 0.05) is 0 Å². The van der Waals surface area contributed by atoms with E-state index in [2.05, 4.69) is 26.1 Å². The maximum absolute atomic E-state index is 3.53. The van der Waals surface area contributed by atoms with E-state index in [1.165, 1.54) is 58.0 Å². The second-order valence-corrected chi connectivity index (χ2v) is 5.82. The molecule has 0 radical (unpaired) electrons. The second-order valence-electron chi connectivity index (χ2n) is 5.82. The zero-order chi connectivity index (χ0) is 11.1. The normalized spacial score (nSPS) is 19.4. The maximum atomic E-state index is 3.53. The van der Waals surface area contributed by atoms with E-state index in [1.807, 2.05) is 0 Å². The molecule has 0 bridgehead atoms. The lowest BCUT2D eigenvalue weighted by molar-refractivity contribution is 0.145. The van der Waals surface area contributed by atoms with E-state index in [9.17, 15) is 0 Å². The summed E-state index contributed by atoms with van der Waals surface area (Å²) in [5.74, 6) is 0.981. The summed E-state index contributed by atoms with van der Waals surface area (Å²) in [5.41, 5.74) is 0.557. The summed E-state index contributed by atoms with van der Waals surface area (Å²) in [4.78, 5) is 0. The molecule has 0 spiro atoms. The van der Waals surface area contributed by atoms with Crippen molar-refractivity contribution in [1.82, 2.24) is 5.32 Å². The molecule has 90 valence electrons. The summed E-state index contributed by atoms with van der Waals surface area (Å²) in [7, 11) is 0. The third-order valence-electron chi connectivity index (χ3n) is 4.08. The average molecular weight is 211 g/mol. The summed E-state index contributed by atoms with van der Waals surface area (Å²) in [6.07, 6.45) is 9.96. The Hall–Kier alpha value is -0.0400. The van der Waals surface area contributed by atoms with Gasteiger partial charge in [-0.05, 0) is 50.1 Å². The summed E-state index contributed by atoms with van der Waals surface area (Å²) < 4.78 is 0. The molecule has 0 aromatic heterocycles. The predicted octanol–water partition coefficient (Wildman–Crippen LogP) is 3.98. The number of nitrogens with one attached hydrogen (secondary N) is 1. The summed E-state index contributed by atoms with van der Waals surface area (Å²) >= 11 is 0. The van der Waals surface area contributed by atoms with Gasteiger partial charge in [0.2, 0.25) is 0 Å². The van der Waals surface area contributed by atoms with Crippen molar-refractivity contribution in [2.45, 2.75) is 65.7 Å². The lowest BCUT2D eigenvalue weighted by Gasteiger charge is -2.37. The maximum Gasteiger partial charge on any atom is -0.00437 e. The van der Waals surface area contributed by atoms with Crippen molar-refractivity contribution in [2.75, 3.05) is 13.1 Å². The highest BCUT2D eigenvalue weighted by atomic mass is 14.8. The van der Waals surface area contributed by atoms with Gasteiger partial charge in [0.05, 0.1) is 0 Å². The number of hydrogen-bond acceptors (Lipinski definition) is 1. The van der Waals surface area contributed by atoms with Crippen molar-refractivity contribution in [3.05, 3.63) is 0 Å². The van der Waals surface area contributed by atoms with Crippen molar-refractivity contribution in [2.24, 2.45) is 11.3 Å². The second kappa shape index (κ2) is 6.52. The fraction of sp³-hybridized carbons (Fsp3) is 1.00. The molecule has 1 saturated carbocycles. The van der Waals surface area contributed by atoms with Crippen LogP contribution in [0.3, 0.4) is 0 Å². The fourth-order valence-electron chi connectivity index (χ4n) is 2.80. The topological polar surface area (TPSA) is 12.0 Å². The van der Waals surface area contributed by atoms with Gasteiger partial charge in [-0.2, -0.15) is 0 Å². The van der Waals surface area contributed by atoms with Crippen LogP contribution in [-0.4, -0.2) is 13.1 Å². The molecule has 1 rings (SSSR count). The van der Waals surface area contributed by atoms with Crippen molar-refractivity contribution in [3.63, 3.8) is 0 Å². The van der Waals surface area contributed by atoms with E-state index in [4.69, 9.17) is 0 Å². The van der Waals surface area contributed by atoms with Gasteiger partial charge in [0.25, 0.3) is 0 Å². The van der Waals surface area contributed by atoms with Crippen LogP contribution in [0.25, 0.3) is 0 Å². The predicted molar refractivity (Wildman–Crippen MR) is 68.1 cm³/mol. The monoisotopic (exact) mass is 211 g/mol. The Morgan fingerprint density at radius 3 is 2.33 bits per heavy atom. The zero-order valence-electron chi connectivity index (χ0n) is 10.9. The Balaban J connectivity index is 2.23. The van der Waals surface area contributed by atoms with Crippen molar-refractivity contribution < 1.29 is 0 Å². The Morgan fingerprint density at radius 1 is 1.07 bits per heavy atom. The SMILES string of the molecule is CCCNCCC(C)(C)C1CCCCC1. The molecule has 0 unspecified atom stereocenters. The van der Waals surface area contributed by atoms with Crippen molar-refractivity contribution in [3.8, 4) is 0 Å². The molecule has 0 atom stereocenters. The van der Waals surface area contributed by atoms with E-state index in [-0.39, 0.29) is 0 Å². The third-order valence-corrected chi connectivity index (χ3v) is 4.08. The first kappa shape index (κ1) is 13.0. The van der Waals surface area contributed by atoms with Gasteiger partial charge in [-0.3, -0.25) is 0 Å². The zero-order valence-corrected chi connectivity index (χ0v) is 10.9. The van der Waals surface area contributed by atoms with Crippen molar-refractivity contribution >= 4 is 0 Å². The van der Waals surface area contributed by atoms with Crippen LogP contribution in [0.2, 0.25) is 0 Å². The van der Waals surface area contributed by atoms with Gasteiger partial charge in [0.15, 0.2) is 0 Å². The molecule has 1 heteroatoms. The summed E-state index contributed by atoms with van der Waals surface area (Å²) in [6, 6.07) is 0. The standard InChI is InChI=1S/C14H29N/c1-4-11-15-12-10-14(2,3)13-8-6-5-7-9-13/h13,15H,4-12H2,1-3H3. The average Bonchev–Trinajstić information content (AvgIpc) is 2.26. The quantitative estimate of drug-likeness (QED) is 0.655. The minimum Gasteiger partial charge on any atom is -0.317 e. The lowest BCUT2D eigenvalue weighted by Crippen LogP contribution is -2.30. The first-order valence-electron chi connectivity index (χ1n) is 6.87. The molecule has 0 heterocycles. The molecule has 1 N–H and O–H groups in total. The van der Waals surface area contributed by atoms with Crippen LogP contribution in [0.4, 0.5) is 0 Å². The smallest absolute Gasteiger partial charge is 0.00437 e. The van der Waals surface area contributed by atoms with Gasteiger partial charge in [-0.25, -0.2) is 0 Å². The Morgan fingerprint density at radius 2 is 1.73 bits per heavy atom. The van der Waals surface area contributed by atoms with Crippen LogP contribution in [0.5, 0.6) is 0 Å². The Labute approximate surface area is 96.0 Å². The molecule has 1 nitrogen and oxygen atoms in total. The van der Waals surface area contributed by atoms with Crippen LogP contribution in [0.15, 0.2) is 0 Å². The van der Waals surface area contributed by atoms with Gasteiger partial charge >= 0.3 is 0 Å². The molecular weight excluding hydrogens is 182 g/mol. The van der Waals surface area contributed by atoms with Crippen molar-refractivity contribution in [1.29, 1.82) is 0 Å². The number of hydrogen-bond donors (Lipinski definition) is 1. The van der Waals surface area contributed by atoms with Crippen LogP contribution >= 0.6 is 0 Å². The lowest BCUT2D eigenvalue weighted by atomic mass is 9.69. The molecule has 0 aromatic rings.